The first-order chi connectivity index (χ1) is 9.06. The van der Waals surface area contributed by atoms with Crippen LogP contribution in [-0.2, 0) is 9.59 Å². The van der Waals surface area contributed by atoms with Crippen LogP contribution in [0.25, 0.3) is 0 Å². The highest BCUT2D eigenvalue weighted by atomic mass is 16.4. The standard InChI is InChI=1S/C13H23N3O3/c14-11(3-4-12(17)18)13(19)16-7-5-15(6-8-16)9-10-1-2-10/h10-11H,1-9,14H2,(H,17,18). The zero-order valence-corrected chi connectivity index (χ0v) is 11.3. The molecule has 1 unspecified atom stereocenters. The van der Waals surface area contributed by atoms with Gasteiger partial charge < -0.3 is 15.7 Å². The van der Waals surface area contributed by atoms with Crippen LogP contribution in [0.1, 0.15) is 25.7 Å². The fraction of sp³-hybridized carbons (Fsp3) is 0.846. The molecule has 1 saturated carbocycles. The Labute approximate surface area is 113 Å². The second kappa shape index (κ2) is 6.34. The fourth-order valence-corrected chi connectivity index (χ4v) is 2.45. The number of aliphatic carboxylic acids is 1. The Morgan fingerprint density at radius 1 is 1.21 bits per heavy atom. The van der Waals surface area contributed by atoms with Crippen LogP contribution in [-0.4, -0.2) is 65.5 Å². The summed E-state index contributed by atoms with van der Waals surface area (Å²) in [5.74, 6) is -0.134. The molecule has 1 amide bonds. The second-order valence-corrected chi connectivity index (χ2v) is 5.61. The van der Waals surface area contributed by atoms with Crippen LogP contribution >= 0.6 is 0 Å². The normalized spacial score (nSPS) is 22.3. The molecule has 2 rings (SSSR count). The van der Waals surface area contributed by atoms with Crippen molar-refractivity contribution < 1.29 is 14.7 Å². The highest BCUT2D eigenvalue weighted by Crippen LogP contribution is 2.29. The van der Waals surface area contributed by atoms with Gasteiger partial charge in [-0.05, 0) is 25.2 Å². The Kier molecular flexibility index (Phi) is 4.76. The van der Waals surface area contributed by atoms with Crippen molar-refractivity contribution in [1.82, 2.24) is 9.80 Å². The summed E-state index contributed by atoms with van der Waals surface area (Å²) in [5, 5.41) is 8.59. The zero-order chi connectivity index (χ0) is 13.8. The number of carboxylic acid groups (broad SMARTS) is 1. The molecular formula is C13H23N3O3. The molecule has 1 heterocycles. The molecule has 108 valence electrons. The van der Waals surface area contributed by atoms with Crippen LogP contribution < -0.4 is 5.73 Å². The molecule has 0 radical (unpaired) electrons. The molecule has 1 aliphatic heterocycles. The average molecular weight is 269 g/mol. The minimum Gasteiger partial charge on any atom is -0.481 e. The molecule has 0 aromatic heterocycles. The van der Waals surface area contributed by atoms with Crippen molar-refractivity contribution in [3.05, 3.63) is 0 Å². The van der Waals surface area contributed by atoms with Gasteiger partial charge in [-0.3, -0.25) is 14.5 Å². The van der Waals surface area contributed by atoms with E-state index in [1.807, 2.05) is 0 Å². The highest BCUT2D eigenvalue weighted by Gasteiger charge is 2.29. The first kappa shape index (κ1) is 14.3. The van der Waals surface area contributed by atoms with E-state index in [4.69, 9.17) is 10.8 Å². The van der Waals surface area contributed by atoms with E-state index >= 15 is 0 Å². The van der Waals surface area contributed by atoms with Gasteiger partial charge in [-0.15, -0.1) is 0 Å². The molecule has 0 spiro atoms. The summed E-state index contributed by atoms with van der Waals surface area (Å²) in [6.45, 7) is 4.41. The van der Waals surface area contributed by atoms with Gasteiger partial charge in [0.2, 0.25) is 5.91 Å². The summed E-state index contributed by atoms with van der Waals surface area (Å²) >= 11 is 0. The Hall–Kier alpha value is -1.14. The van der Waals surface area contributed by atoms with Crippen molar-refractivity contribution in [3.63, 3.8) is 0 Å². The van der Waals surface area contributed by atoms with Crippen LogP contribution in [0.5, 0.6) is 0 Å². The molecule has 2 aliphatic rings. The second-order valence-electron chi connectivity index (χ2n) is 5.61. The fourth-order valence-electron chi connectivity index (χ4n) is 2.45. The van der Waals surface area contributed by atoms with Crippen molar-refractivity contribution in [2.45, 2.75) is 31.7 Å². The van der Waals surface area contributed by atoms with Crippen molar-refractivity contribution in [2.75, 3.05) is 32.7 Å². The summed E-state index contributed by atoms with van der Waals surface area (Å²) in [5.41, 5.74) is 5.75. The quantitative estimate of drug-likeness (QED) is 0.693. The number of nitrogens with two attached hydrogens (primary N) is 1. The summed E-state index contributed by atoms with van der Waals surface area (Å²) in [6.07, 6.45) is 2.86. The molecule has 2 fully saturated rings. The van der Waals surface area contributed by atoms with E-state index in [0.717, 1.165) is 25.6 Å². The lowest BCUT2D eigenvalue weighted by Crippen LogP contribution is -2.53. The van der Waals surface area contributed by atoms with Gasteiger partial charge in [0.05, 0.1) is 6.04 Å². The van der Waals surface area contributed by atoms with Gasteiger partial charge in [-0.1, -0.05) is 0 Å². The maximum Gasteiger partial charge on any atom is 0.303 e. The lowest BCUT2D eigenvalue weighted by atomic mass is 10.1. The summed E-state index contributed by atoms with van der Waals surface area (Å²) in [4.78, 5) is 26.7. The van der Waals surface area contributed by atoms with Gasteiger partial charge in [0, 0.05) is 39.1 Å². The molecule has 1 saturated heterocycles. The highest BCUT2D eigenvalue weighted by molar-refractivity contribution is 5.82. The molecule has 0 aromatic carbocycles. The van der Waals surface area contributed by atoms with Crippen LogP contribution in [0.4, 0.5) is 0 Å². The maximum absolute atomic E-state index is 12.0. The number of rotatable bonds is 6. The predicted molar refractivity (Wildman–Crippen MR) is 70.6 cm³/mol. The van der Waals surface area contributed by atoms with E-state index in [9.17, 15) is 9.59 Å². The lowest BCUT2D eigenvalue weighted by molar-refractivity contribution is -0.138. The van der Waals surface area contributed by atoms with E-state index in [2.05, 4.69) is 4.90 Å². The van der Waals surface area contributed by atoms with Gasteiger partial charge in [0.15, 0.2) is 0 Å². The Morgan fingerprint density at radius 2 is 1.84 bits per heavy atom. The number of hydrogen-bond donors (Lipinski definition) is 2. The van der Waals surface area contributed by atoms with E-state index < -0.39 is 12.0 Å². The van der Waals surface area contributed by atoms with Gasteiger partial charge in [-0.25, -0.2) is 0 Å². The van der Waals surface area contributed by atoms with Crippen LogP contribution in [0, 0.1) is 5.92 Å². The number of carbonyl (C=O) groups is 2. The maximum atomic E-state index is 12.0. The monoisotopic (exact) mass is 269 g/mol. The van der Waals surface area contributed by atoms with E-state index in [0.29, 0.717) is 13.1 Å². The molecule has 6 nitrogen and oxygen atoms in total. The molecule has 1 atom stereocenters. The minimum atomic E-state index is -0.905. The zero-order valence-electron chi connectivity index (χ0n) is 11.3. The Balaban J connectivity index is 1.70. The molecule has 1 aliphatic carbocycles. The Morgan fingerprint density at radius 3 is 2.37 bits per heavy atom. The third-order valence-corrected chi connectivity index (χ3v) is 3.88. The van der Waals surface area contributed by atoms with Crippen LogP contribution in [0.3, 0.4) is 0 Å². The van der Waals surface area contributed by atoms with E-state index in [-0.39, 0.29) is 18.7 Å². The predicted octanol–water partition coefficient (Wildman–Crippen LogP) is -0.267. The number of carboxylic acids is 1. The number of amides is 1. The molecule has 3 N–H and O–H groups in total. The van der Waals surface area contributed by atoms with Crippen molar-refractivity contribution in [3.8, 4) is 0 Å². The average Bonchev–Trinajstić information content (AvgIpc) is 3.20. The Bertz CT molecular complexity index is 336. The number of carbonyl (C=O) groups excluding carboxylic acids is 1. The number of hydrogen-bond acceptors (Lipinski definition) is 4. The molecule has 19 heavy (non-hydrogen) atoms. The molecule has 6 heteroatoms. The molecule has 0 aromatic rings. The van der Waals surface area contributed by atoms with E-state index in [1.165, 1.54) is 12.8 Å². The van der Waals surface area contributed by atoms with Gasteiger partial charge in [0.25, 0.3) is 0 Å². The summed E-state index contributed by atoms with van der Waals surface area (Å²) < 4.78 is 0. The summed E-state index contributed by atoms with van der Waals surface area (Å²) in [7, 11) is 0. The minimum absolute atomic E-state index is 0.0471. The lowest BCUT2D eigenvalue weighted by Gasteiger charge is -2.35. The third kappa shape index (κ3) is 4.47. The SMILES string of the molecule is NC(CCC(=O)O)C(=O)N1CCN(CC2CC2)CC1. The number of nitrogens with zero attached hydrogens (tertiary/aromatic N) is 2. The molecule has 0 bridgehead atoms. The van der Waals surface area contributed by atoms with Gasteiger partial charge in [-0.2, -0.15) is 0 Å². The van der Waals surface area contributed by atoms with Gasteiger partial charge in [0.1, 0.15) is 0 Å². The van der Waals surface area contributed by atoms with Crippen molar-refractivity contribution in [2.24, 2.45) is 11.7 Å². The largest absolute Gasteiger partial charge is 0.481 e. The topological polar surface area (TPSA) is 86.9 Å². The summed E-state index contributed by atoms with van der Waals surface area (Å²) in [6, 6.07) is -0.675. The van der Waals surface area contributed by atoms with Crippen molar-refractivity contribution in [1.29, 1.82) is 0 Å². The third-order valence-electron chi connectivity index (χ3n) is 3.88. The molecular weight excluding hydrogens is 246 g/mol. The van der Waals surface area contributed by atoms with Crippen LogP contribution in [0.15, 0.2) is 0 Å². The van der Waals surface area contributed by atoms with Crippen molar-refractivity contribution >= 4 is 11.9 Å². The smallest absolute Gasteiger partial charge is 0.303 e. The first-order valence-electron chi connectivity index (χ1n) is 7.05. The van der Waals surface area contributed by atoms with E-state index in [1.54, 1.807) is 4.90 Å². The first-order valence-corrected chi connectivity index (χ1v) is 7.05. The van der Waals surface area contributed by atoms with Gasteiger partial charge >= 0.3 is 5.97 Å². The number of piperazine rings is 1. The van der Waals surface area contributed by atoms with Crippen LogP contribution in [0.2, 0.25) is 0 Å².